The average Bonchev–Trinajstić information content (AvgIpc) is 3.46. The Kier molecular flexibility index (Phi) is 4.20. The fourth-order valence-electron chi connectivity index (χ4n) is 3.85. The van der Waals surface area contributed by atoms with Gasteiger partial charge in [0.25, 0.3) is 0 Å². The van der Waals surface area contributed by atoms with E-state index in [1.54, 1.807) is 24.3 Å². The summed E-state index contributed by atoms with van der Waals surface area (Å²) >= 11 is 0. The standard InChI is InChI=1S/C21H14F3N5O/c22-19-11(8-25)1-3-14-15(19)4-6-18(14)30-13-2-5-17-16(7-13)20(28-27-17)12-9-26-29(10-12)21(23)24/h1-3,5,7,9-10,18,21H,4,6H2,(H,27,28)/t18-/m0/s1. The number of nitriles is 1. The van der Waals surface area contributed by atoms with Crippen molar-refractivity contribution in [1.82, 2.24) is 20.0 Å². The highest BCUT2D eigenvalue weighted by Gasteiger charge is 2.28. The average molecular weight is 409 g/mol. The molecule has 0 saturated heterocycles. The van der Waals surface area contributed by atoms with E-state index in [-0.39, 0.29) is 11.7 Å². The zero-order valence-corrected chi connectivity index (χ0v) is 15.4. The van der Waals surface area contributed by atoms with Crippen LogP contribution in [0.4, 0.5) is 13.2 Å². The molecule has 2 heterocycles. The second kappa shape index (κ2) is 6.91. The zero-order valence-electron chi connectivity index (χ0n) is 15.4. The van der Waals surface area contributed by atoms with E-state index >= 15 is 0 Å². The Morgan fingerprint density at radius 2 is 2.13 bits per heavy atom. The molecule has 0 unspecified atom stereocenters. The summed E-state index contributed by atoms with van der Waals surface area (Å²) in [5, 5.41) is 20.4. The van der Waals surface area contributed by atoms with E-state index in [0.717, 1.165) is 11.1 Å². The van der Waals surface area contributed by atoms with Crippen molar-refractivity contribution in [1.29, 1.82) is 5.26 Å². The van der Waals surface area contributed by atoms with E-state index in [2.05, 4.69) is 15.3 Å². The fraction of sp³-hybridized carbons (Fsp3) is 0.190. The minimum atomic E-state index is -2.73. The number of ether oxygens (including phenoxy) is 1. The van der Waals surface area contributed by atoms with Crippen LogP contribution in [-0.4, -0.2) is 20.0 Å². The molecular formula is C21H14F3N5O. The van der Waals surface area contributed by atoms with Gasteiger partial charge in [0.15, 0.2) is 0 Å². The van der Waals surface area contributed by atoms with E-state index in [0.29, 0.717) is 45.5 Å². The molecule has 150 valence electrons. The summed E-state index contributed by atoms with van der Waals surface area (Å²) in [6, 6.07) is 10.4. The predicted molar refractivity (Wildman–Crippen MR) is 101 cm³/mol. The lowest BCUT2D eigenvalue weighted by atomic mass is 10.1. The van der Waals surface area contributed by atoms with Gasteiger partial charge in [0.1, 0.15) is 29.4 Å². The highest BCUT2D eigenvalue weighted by Crippen LogP contribution is 2.38. The van der Waals surface area contributed by atoms with Crippen LogP contribution in [0.3, 0.4) is 0 Å². The highest BCUT2D eigenvalue weighted by atomic mass is 19.3. The van der Waals surface area contributed by atoms with Crippen LogP contribution >= 0.6 is 0 Å². The number of aromatic nitrogens is 4. The van der Waals surface area contributed by atoms with Crippen molar-refractivity contribution in [2.24, 2.45) is 0 Å². The number of hydrogen-bond acceptors (Lipinski definition) is 4. The van der Waals surface area contributed by atoms with Crippen molar-refractivity contribution in [3.63, 3.8) is 0 Å². The van der Waals surface area contributed by atoms with E-state index in [9.17, 15) is 13.2 Å². The number of alkyl halides is 2. The molecule has 0 aliphatic heterocycles. The maximum Gasteiger partial charge on any atom is 0.333 e. The van der Waals surface area contributed by atoms with Gasteiger partial charge >= 0.3 is 6.55 Å². The van der Waals surface area contributed by atoms with Gasteiger partial charge in [-0.2, -0.15) is 24.2 Å². The number of rotatable bonds is 4. The molecule has 6 nitrogen and oxygen atoms in total. The summed E-state index contributed by atoms with van der Waals surface area (Å²) < 4.78 is 46.7. The van der Waals surface area contributed by atoms with Crippen LogP contribution in [-0.2, 0) is 6.42 Å². The molecular weight excluding hydrogens is 395 g/mol. The second-order valence-electron chi connectivity index (χ2n) is 7.02. The first kappa shape index (κ1) is 18.2. The summed E-state index contributed by atoms with van der Waals surface area (Å²) in [6.07, 6.45) is 3.32. The minimum absolute atomic E-state index is 0.0307. The first-order valence-electron chi connectivity index (χ1n) is 9.24. The lowest BCUT2D eigenvalue weighted by Crippen LogP contribution is -2.04. The van der Waals surface area contributed by atoms with Gasteiger partial charge in [0, 0.05) is 17.1 Å². The second-order valence-corrected chi connectivity index (χ2v) is 7.02. The van der Waals surface area contributed by atoms with Crippen molar-refractivity contribution < 1.29 is 17.9 Å². The summed E-state index contributed by atoms with van der Waals surface area (Å²) in [6.45, 7) is -2.73. The van der Waals surface area contributed by atoms with Gasteiger partial charge in [0.2, 0.25) is 0 Å². The third-order valence-electron chi connectivity index (χ3n) is 5.29. The lowest BCUT2D eigenvalue weighted by Gasteiger charge is -2.15. The molecule has 0 fully saturated rings. The first-order chi connectivity index (χ1) is 14.5. The lowest BCUT2D eigenvalue weighted by molar-refractivity contribution is 0.0566. The molecule has 0 radical (unpaired) electrons. The van der Waals surface area contributed by atoms with Crippen molar-refractivity contribution in [3.05, 3.63) is 65.2 Å². The fourth-order valence-corrected chi connectivity index (χ4v) is 3.85. The molecule has 2 aromatic heterocycles. The number of H-pyrrole nitrogens is 1. The Bertz CT molecular complexity index is 1300. The Morgan fingerprint density at radius 3 is 2.90 bits per heavy atom. The molecule has 1 aliphatic carbocycles. The normalized spacial score (nSPS) is 15.5. The minimum Gasteiger partial charge on any atom is -0.486 e. The Labute approximate surface area is 168 Å². The van der Waals surface area contributed by atoms with Crippen LogP contribution in [0.1, 0.15) is 35.8 Å². The molecule has 0 amide bonds. The Hall–Kier alpha value is -3.80. The molecule has 0 spiro atoms. The highest BCUT2D eigenvalue weighted by molar-refractivity contribution is 5.93. The molecule has 0 saturated carbocycles. The van der Waals surface area contributed by atoms with Gasteiger partial charge < -0.3 is 4.74 Å². The van der Waals surface area contributed by atoms with Crippen LogP contribution in [0.2, 0.25) is 0 Å². The van der Waals surface area contributed by atoms with Crippen molar-refractivity contribution in [2.45, 2.75) is 25.5 Å². The van der Waals surface area contributed by atoms with Gasteiger partial charge in [-0.1, -0.05) is 6.07 Å². The van der Waals surface area contributed by atoms with Crippen LogP contribution in [0.5, 0.6) is 5.75 Å². The molecule has 5 rings (SSSR count). The van der Waals surface area contributed by atoms with E-state index < -0.39 is 12.4 Å². The largest absolute Gasteiger partial charge is 0.486 e. The third-order valence-corrected chi connectivity index (χ3v) is 5.29. The number of halogens is 3. The van der Waals surface area contributed by atoms with E-state index in [4.69, 9.17) is 10.00 Å². The van der Waals surface area contributed by atoms with Gasteiger partial charge in [0.05, 0.1) is 17.3 Å². The van der Waals surface area contributed by atoms with Gasteiger partial charge in [-0.3, -0.25) is 5.10 Å². The van der Waals surface area contributed by atoms with Gasteiger partial charge in [-0.15, -0.1) is 0 Å². The molecule has 30 heavy (non-hydrogen) atoms. The molecule has 2 aromatic carbocycles. The predicted octanol–water partition coefficient (Wildman–Crippen LogP) is 4.90. The molecule has 4 aromatic rings. The van der Waals surface area contributed by atoms with Crippen molar-refractivity contribution in [2.75, 3.05) is 0 Å². The van der Waals surface area contributed by atoms with E-state index in [1.807, 2.05) is 6.07 Å². The van der Waals surface area contributed by atoms with Crippen LogP contribution in [0.25, 0.3) is 22.2 Å². The Balaban J connectivity index is 1.47. The first-order valence-corrected chi connectivity index (χ1v) is 9.24. The number of fused-ring (bicyclic) bond motifs is 2. The van der Waals surface area contributed by atoms with Crippen LogP contribution < -0.4 is 4.74 Å². The van der Waals surface area contributed by atoms with Crippen molar-refractivity contribution in [3.8, 4) is 23.1 Å². The topological polar surface area (TPSA) is 79.5 Å². The molecule has 1 N–H and O–H groups in total. The number of benzene rings is 2. The number of aromatic amines is 1. The number of nitrogens with zero attached hydrogens (tertiary/aromatic N) is 4. The molecule has 9 heteroatoms. The summed E-state index contributed by atoms with van der Waals surface area (Å²) in [4.78, 5) is 0. The SMILES string of the molecule is N#Cc1ccc2c(c1F)CC[C@@H]2Oc1ccc2[nH]nc(-c3cnn(C(F)F)c3)c2c1. The monoisotopic (exact) mass is 409 g/mol. The van der Waals surface area contributed by atoms with Crippen molar-refractivity contribution >= 4 is 10.9 Å². The maximum absolute atomic E-state index is 14.4. The molecule has 1 atom stereocenters. The van der Waals surface area contributed by atoms with Gasteiger partial charge in [-0.25, -0.2) is 9.07 Å². The quantitative estimate of drug-likeness (QED) is 0.520. The molecule has 0 bridgehead atoms. The maximum atomic E-state index is 14.4. The van der Waals surface area contributed by atoms with Crippen LogP contribution in [0, 0.1) is 17.1 Å². The molecule has 1 aliphatic rings. The van der Waals surface area contributed by atoms with E-state index in [1.165, 1.54) is 18.5 Å². The summed E-state index contributed by atoms with van der Waals surface area (Å²) in [7, 11) is 0. The number of hydrogen-bond donors (Lipinski definition) is 1. The zero-order chi connectivity index (χ0) is 20.8. The smallest absolute Gasteiger partial charge is 0.333 e. The van der Waals surface area contributed by atoms with Crippen LogP contribution in [0.15, 0.2) is 42.7 Å². The Morgan fingerprint density at radius 1 is 1.27 bits per heavy atom. The van der Waals surface area contributed by atoms with Gasteiger partial charge in [-0.05, 0) is 48.2 Å². The summed E-state index contributed by atoms with van der Waals surface area (Å²) in [5.41, 5.74) is 2.94. The summed E-state index contributed by atoms with van der Waals surface area (Å²) in [5.74, 6) is 0.0683. The number of nitrogens with one attached hydrogen (secondary N) is 1. The third kappa shape index (κ3) is 2.88.